The smallest absolute Gasteiger partial charge is 0.339 e. The SMILES string of the molecule is O=C(O)c1cnc(Nc2ccccc2)cc1NC1[C@@H]2CC3C[C@H]1CC(O)(C3)C2. The number of nitrogens with one attached hydrogen (secondary N) is 2. The Morgan fingerprint density at radius 2 is 1.82 bits per heavy atom. The van der Waals surface area contributed by atoms with Gasteiger partial charge >= 0.3 is 5.97 Å². The molecular formula is C22H25N3O3. The predicted molar refractivity (Wildman–Crippen MR) is 107 cm³/mol. The van der Waals surface area contributed by atoms with Crippen LogP contribution in [0.15, 0.2) is 42.6 Å². The molecule has 4 bridgehead atoms. The molecule has 6 rings (SSSR count). The lowest BCUT2D eigenvalue weighted by atomic mass is 9.52. The first-order valence-corrected chi connectivity index (χ1v) is 10.0. The standard InChI is InChI=1S/C22H25N3O3/c26-21(27)17-12-23-19(24-16-4-2-1-3-5-16)8-18(17)25-20-14-6-13-7-15(20)11-22(28,9-13)10-14/h1-5,8,12-15,20,28H,6-7,9-11H2,(H,26,27)(H2,23,24,25)/t13?,14-,15+,20?,22?. The first-order chi connectivity index (χ1) is 13.5. The fraction of sp³-hybridized carbons (Fsp3) is 0.455. The molecule has 0 amide bonds. The molecule has 6 nitrogen and oxygen atoms in total. The maximum absolute atomic E-state index is 11.7. The summed E-state index contributed by atoms with van der Waals surface area (Å²) in [6.45, 7) is 0. The summed E-state index contributed by atoms with van der Waals surface area (Å²) in [6, 6.07) is 11.7. The average molecular weight is 379 g/mol. The van der Waals surface area contributed by atoms with Crippen molar-refractivity contribution in [3.63, 3.8) is 0 Å². The van der Waals surface area contributed by atoms with Crippen molar-refractivity contribution in [2.24, 2.45) is 17.8 Å². The Kier molecular flexibility index (Phi) is 4.05. The van der Waals surface area contributed by atoms with Crippen LogP contribution in [0.2, 0.25) is 0 Å². The lowest BCUT2D eigenvalue weighted by molar-refractivity contribution is -0.129. The number of para-hydroxylation sites is 1. The number of benzene rings is 1. The highest BCUT2D eigenvalue weighted by molar-refractivity contribution is 5.94. The number of aliphatic hydroxyl groups is 1. The minimum absolute atomic E-state index is 0.186. The molecule has 0 saturated heterocycles. The van der Waals surface area contributed by atoms with E-state index in [9.17, 15) is 15.0 Å². The monoisotopic (exact) mass is 379 g/mol. The van der Waals surface area contributed by atoms with Gasteiger partial charge in [-0.1, -0.05) is 18.2 Å². The minimum atomic E-state index is -0.983. The van der Waals surface area contributed by atoms with Crippen LogP contribution in [-0.4, -0.2) is 32.8 Å². The molecule has 6 heteroatoms. The van der Waals surface area contributed by atoms with Gasteiger partial charge in [0.25, 0.3) is 0 Å². The van der Waals surface area contributed by atoms with Gasteiger partial charge in [-0.2, -0.15) is 0 Å². The molecule has 28 heavy (non-hydrogen) atoms. The van der Waals surface area contributed by atoms with E-state index in [1.165, 1.54) is 6.20 Å². The molecule has 4 N–H and O–H groups in total. The summed E-state index contributed by atoms with van der Waals surface area (Å²) >= 11 is 0. The molecule has 3 unspecified atom stereocenters. The van der Waals surface area contributed by atoms with Crippen LogP contribution in [0, 0.1) is 17.8 Å². The zero-order chi connectivity index (χ0) is 19.3. The second-order valence-corrected chi connectivity index (χ2v) is 8.78. The third-order valence-corrected chi connectivity index (χ3v) is 6.74. The zero-order valence-corrected chi connectivity index (χ0v) is 15.6. The number of rotatable bonds is 5. The van der Waals surface area contributed by atoms with E-state index in [0.29, 0.717) is 29.3 Å². The summed E-state index contributed by atoms with van der Waals surface area (Å²) in [7, 11) is 0. The third-order valence-electron chi connectivity index (χ3n) is 6.74. The second kappa shape index (κ2) is 6.48. The molecule has 1 aromatic carbocycles. The van der Waals surface area contributed by atoms with E-state index in [0.717, 1.165) is 37.8 Å². The Balaban J connectivity index is 1.42. The number of carbonyl (C=O) groups is 1. The van der Waals surface area contributed by atoms with Crippen molar-refractivity contribution in [2.45, 2.75) is 43.7 Å². The van der Waals surface area contributed by atoms with Crippen molar-refractivity contribution in [3.05, 3.63) is 48.2 Å². The van der Waals surface area contributed by atoms with Gasteiger partial charge in [0.05, 0.1) is 11.3 Å². The van der Waals surface area contributed by atoms with Crippen LogP contribution in [0.4, 0.5) is 17.2 Å². The molecule has 146 valence electrons. The Bertz CT molecular complexity index is 885. The first-order valence-electron chi connectivity index (χ1n) is 10.0. The largest absolute Gasteiger partial charge is 0.478 e. The fourth-order valence-electron chi connectivity index (χ4n) is 5.88. The number of hydrogen-bond donors (Lipinski definition) is 4. The van der Waals surface area contributed by atoms with E-state index in [-0.39, 0.29) is 11.6 Å². The van der Waals surface area contributed by atoms with E-state index in [4.69, 9.17) is 0 Å². The molecule has 4 saturated carbocycles. The molecule has 1 heterocycles. The van der Waals surface area contributed by atoms with Crippen LogP contribution >= 0.6 is 0 Å². The van der Waals surface area contributed by atoms with E-state index in [1.54, 1.807) is 6.07 Å². The highest BCUT2D eigenvalue weighted by atomic mass is 16.4. The number of pyridine rings is 1. The third kappa shape index (κ3) is 3.11. The van der Waals surface area contributed by atoms with E-state index in [1.807, 2.05) is 30.3 Å². The van der Waals surface area contributed by atoms with Crippen LogP contribution in [0.5, 0.6) is 0 Å². The molecule has 0 radical (unpaired) electrons. The molecule has 4 aliphatic carbocycles. The van der Waals surface area contributed by atoms with E-state index < -0.39 is 11.6 Å². The van der Waals surface area contributed by atoms with Gasteiger partial charge in [0, 0.05) is 24.0 Å². The maximum Gasteiger partial charge on any atom is 0.339 e. The van der Waals surface area contributed by atoms with Crippen molar-refractivity contribution in [1.29, 1.82) is 0 Å². The van der Waals surface area contributed by atoms with E-state index >= 15 is 0 Å². The van der Waals surface area contributed by atoms with Crippen molar-refractivity contribution in [3.8, 4) is 0 Å². The fourth-order valence-corrected chi connectivity index (χ4v) is 5.88. The van der Waals surface area contributed by atoms with Crippen molar-refractivity contribution >= 4 is 23.2 Å². The molecule has 2 aromatic rings. The number of anilines is 3. The summed E-state index contributed by atoms with van der Waals surface area (Å²) in [5.74, 6) is 1.05. The Morgan fingerprint density at radius 3 is 2.46 bits per heavy atom. The van der Waals surface area contributed by atoms with Gasteiger partial charge in [-0.15, -0.1) is 0 Å². The molecule has 5 atom stereocenters. The number of nitrogens with zero attached hydrogens (tertiary/aromatic N) is 1. The van der Waals surface area contributed by atoms with Crippen LogP contribution in [0.1, 0.15) is 42.5 Å². The maximum atomic E-state index is 11.7. The number of aromatic carboxylic acids is 1. The normalized spacial score (nSPS) is 32.9. The first kappa shape index (κ1) is 17.5. The molecule has 0 spiro atoms. The summed E-state index contributed by atoms with van der Waals surface area (Å²) in [5.41, 5.74) is 1.19. The highest BCUT2D eigenvalue weighted by Crippen LogP contribution is 2.56. The van der Waals surface area contributed by atoms with Crippen LogP contribution in [0.25, 0.3) is 0 Å². The van der Waals surface area contributed by atoms with E-state index in [2.05, 4.69) is 15.6 Å². The van der Waals surface area contributed by atoms with Gasteiger partial charge in [0.2, 0.25) is 0 Å². The predicted octanol–water partition coefficient (Wildman–Crippen LogP) is 3.87. The molecule has 0 aliphatic heterocycles. The van der Waals surface area contributed by atoms with Crippen LogP contribution < -0.4 is 10.6 Å². The molecule has 1 aromatic heterocycles. The molecular weight excluding hydrogens is 354 g/mol. The van der Waals surface area contributed by atoms with Gasteiger partial charge in [-0.05, 0) is 62.0 Å². The van der Waals surface area contributed by atoms with Crippen LogP contribution in [0.3, 0.4) is 0 Å². The number of hydrogen-bond acceptors (Lipinski definition) is 5. The summed E-state index contributed by atoms with van der Waals surface area (Å²) in [5, 5.41) is 27.2. The van der Waals surface area contributed by atoms with Gasteiger partial charge in [0.15, 0.2) is 0 Å². The van der Waals surface area contributed by atoms with Crippen molar-refractivity contribution in [1.82, 2.24) is 4.98 Å². The topological polar surface area (TPSA) is 94.5 Å². The minimum Gasteiger partial charge on any atom is -0.478 e. The Hall–Kier alpha value is -2.60. The highest BCUT2D eigenvalue weighted by Gasteiger charge is 2.54. The summed E-state index contributed by atoms with van der Waals surface area (Å²) < 4.78 is 0. The summed E-state index contributed by atoms with van der Waals surface area (Å²) in [4.78, 5) is 16.0. The lowest BCUT2D eigenvalue weighted by Crippen LogP contribution is -2.59. The number of carboxylic acids is 1. The quantitative estimate of drug-likeness (QED) is 0.630. The number of carboxylic acid groups (broad SMARTS) is 1. The lowest BCUT2D eigenvalue weighted by Gasteiger charge is -2.58. The average Bonchev–Trinajstić information content (AvgIpc) is 2.64. The number of aromatic nitrogens is 1. The van der Waals surface area contributed by atoms with Gasteiger partial charge in [-0.3, -0.25) is 0 Å². The van der Waals surface area contributed by atoms with Crippen LogP contribution in [-0.2, 0) is 0 Å². The van der Waals surface area contributed by atoms with Gasteiger partial charge < -0.3 is 20.8 Å². The van der Waals surface area contributed by atoms with Crippen molar-refractivity contribution in [2.75, 3.05) is 10.6 Å². The van der Waals surface area contributed by atoms with Gasteiger partial charge in [-0.25, -0.2) is 9.78 Å². The zero-order valence-electron chi connectivity index (χ0n) is 15.6. The van der Waals surface area contributed by atoms with Gasteiger partial charge in [0.1, 0.15) is 11.4 Å². The second-order valence-electron chi connectivity index (χ2n) is 8.78. The van der Waals surface area contributed by atoms with Crippen molar-refractivity contribution < 1.29 is 15.0 Å². The summed E-state index contributed by atoms with van der Waals surface area (Å²) in [6.07, 6.45) is 6.24. The Morgan fingerprint density at radius 1 is 1.11 bits per heavy atom. The molecule has 4 aliphatic rings. The Labute approximate surface area is 164 Å². The molecule has 4 fully saturated rings.